The summed E-state index contributed by atoms with van der Waals surface area (Å²) in [5.41, 5.74) is 1.23. The van der Waals surface area contributed by atoms with Crippen molar-refractivity contribution in [3.63, 3.8) is 0 Å². The van der Waals surface area contributed by atoms with Gasteiger partial charge in [-0.15, -0.1) is 0 Å². The fourth-order valence-corrected chi connectivity index (χ4v) is 1.73. The lowest BCUT2D eigenvalue weighted by Gasteiger charge is -2.13. The van der Waals surface area contributed by atoms with Crippen LogP contribution in [0.1, 0.15) is 28.6 Å². The van der Waals surface area contributed by atoms with Gasteiger partial charge in [0.2, 0.25) is 0 Å². The number of amides is 1. The molecule has 0 fully saturated rings. The fraction of sp³-hybridized carbons (Fsp3) is 0.267. The van der Waals surface area contributed by atoms with Gasteiger partial charge in [-0.05, 0) is 32.4 Å². The number of hydrogen-bond donors (Lipinski definition) is 1. The first-order valence-corrected chi connectivity index (χ1v) is 6.48. The van der Waals surface area contributed by atoms with E-state index in [0.717, 1.165) is 5.56 Å². The average Bonchev–Trinajstić information content (AvgIpc) is 2.84. The number of esters is 1. The lowest BCUT2D eigenvalue weighted by atomic mass is 10.1. The average molecular weight is 288 g/mol. The van der Waals surface area contributed by atoms with Crippen molar-refractivity contribution in [2.24, 2.45) is 0 Å². The predicted molar refractivity (Wildman–Crippen MR) is 75.9 cm³/mol. The first-order valence-electron chi connectivity index (χ1n) is 6.48. The summed E-state index contributed by atoms with van der Waals surface area (Å²) in [4.78, 5) is 23.9. The van der Waals surface area contributed by atoms with Crippen molar-refractivity contribution in [3.8, 4) is 0 Å². The number of anilines is 1. The van der Waals surface area contributed by atoms with Gasteiger partial charge in [0.15, 0.2) is 11.9 Å². The van der Waals surface area contributed by atoms with Gasteiger partial charge in [-0.2, -0.15) is 0 Å². The molecule has 0 radical (unpaired) electrons. The Balaban J connectivity index is 1.97. The molecule has 21 heavy (non-hydrogen) atoms. The molecule has 1 aromatic carbocycles. The van der Waals surface area contributed by atoms with E-state index in [2.05, 4.69) is 10.5 Å². The largest absolute Gasteiger partial charge is 0.449 e. The molecule has 0 aliphatic rings. The van der Waals surface area contributed by atoms with Gasteiger partial charge in [0, 0.05) is 6.07 Å². The van der Waals surface area contributed by atoms with Crippen molar-refractivity contribution in [2.45, 2.75) is 26.9 Å². The third-order valence-corrected chi connectivity index (χ3v) is 2.90. The highest BCUT2D eigenvalue weighted by Gasteiger charge is 2.20. The Kier molecular flexibility index (Phi) is 4.37. The highest BCUT2D eigenvalue weighted by molar-refractivity contribution is 5.97. The van der Waals surface area contributed by atoms with Gasteiger partial charge in [0.25, 0.3) is 5.91 Å². The van der Waals surface area contributed by atoms with Crippen LogP contribution in [0, 0.1) is 13.8 Å². The van der Waals surface area contributed by atoms with E-state index in [1.165, 1.54) is 6.92 Å². The van der Waals surface area contributed by atoms with Crippen LogP contribution in [-0.2, 0) is 9.53 Å². The second-order valence-electron chi connectivity index (χ2n) is 4.67. The highest BCUT2D eigenvalue weighted by Crippen LogP contribution is 2.12. The zero-order valence-electron chi connectivity index (χ0n) is 12.0. The number of carbonyl (C=O) groups excluding carboxylic acids is 2. The molecule has 0 spiro atoms. The summed E-state index contributed by atoms with van der Waals surface area (Å²) in [5.74, 6) is -0.136. The summed E-state index contributed by atoms with van der Waals surface area (Å²) >= 11 is 0. The van der Waals surface area contributed by atoms with E-state index < -0.39 is 18.0 Å². The maximum Gasteiger partial charge on any atom is 0.339 e. The van der Waals surface area contributed by atoms with Crippen molar-refractivity contribution in [3.05, 3.63) is 47.2 Å². The maximum atomic E-state index is 12.0. The molecule has 0 aliphatic carbocycles. The Bertz CT molecular complexity index is 663. The van der Waals surface area contributed by atoms with Crippen LogP contribution in [0.15, 0.2) is 34.9 Å². The number of aromatic nitrogens is 1. The van der Waals surface area contributed by atoms with E-state index in [1.807, 2.05) is 6.07 Å². The number of nitrogens with zero attached hydrogens (tertiary/aromatic N) is 1. The van der Waals surface area contributed by atoms with Crippen LogP contribution in [0.2, 0.25) is 0 Å². The number of ether oxygens (including phenoxy) is 1. The van der Waals surface area contributed by atoms with Crippen LogP contribution in [0.3, 0.4) is 0 Å². The first kappa shape index (κ1) is 14.8. The number of aryl methyl sites for hydroxylation is 2. The number of nitrogens with one attached hydrogen (secondary N) is 1. The molecule has 1 aromatic heterocycles. The topological polar surface area (TPSA) is 81.4 Å². The van der Waals surface area contributed by atoms with Crippen molar-refractivity contribution in [1.29, 1.82) is 0 Å². The smallest absolute Gasteiger partial charge is 0.339 e. The summed E-state index contributed by atoms with van der Waals surface area (Å²) in [6.07, 6.45) is -0.936. The normalized spacial score (nSPS) is 11.8. The van der Waals surface area contributed by atoms with Gasteiger partial charge in [-0.3, -0.25) is 4.79 Å². The zero-order valence-corrected chi connectivity index (χ0v) is 12.0. The molecule has 1 atom stereocenters. The molecule has 0 saturated carbocycles. The van der Waals surface area contributed by atoms with Crippen molar-refractivity contribution in [2.75, 3.05) is 5.32 Å². The van der Waals surface area contributed by atoms with Gasteiger partial charge in [0.1, 0.15) is 5.76 Å². The van der Waals surface area contributed by atoms with E-state index in [9.17, 15) is 9.59 Å². The SMILES string of the molecule is Cc1cc(NC(=O)[C@@H](C)OC(=O)c2ccccc2C)no1. The third-order valence-electron chi connectivity index (χ3n) is 2.90. The Labute approximate surface area is 122 Å². The Morgan fingerprint density at radius 3 is 2.62 bits per heavy atom. The van der Waals surface area contributed by atoms with Crippen LogP contribution in [-0.4, -0.2) is 23.1 Å². The molecular weight excluding hydrogens is 272 g/mol. The number of carbonyl (C=O) groups is 2. The van der Waals surface area contributed by atoms with E-state index in [1.54, 1.807) is 38.1 Å². The number of rotatable bonds is 4. The molecule has 110 valence electrons. The summed E-state index contributed by atoms with van der Waals surface area (Å²) < 4.78 is 9.99. The first-order chi connectivity index (χ1) is 9.97. The van der Waals surface area contributed by atoms with E-state index in [-0.39, 0.29) is 5.82 Å². The Morgan fingerprint density at radius 1 is 1.29 bits per heavy atom. The van der Waals surface area contributed by atoms with Gasteiger partial charge >= 0.3 is 5.97 Å². The molecule has 0 bridgehead atoms. The predicted octanol–water partition coefficient (Wildman–Crippen LogP) is 2.48. The molecule has 1 N–H and O–H groups in total. The monoisotopic (exact) mass is 288 g/mol. The summed E-state index contributed by atoms with van der Waals surface area (Å²) in [6.45, 7) is 5.02. The van der Waals surface area contributed by atoms with Gasteiger partial charge in [-0.25, -0.2) is 4.79 Å². The molecule has 2 aromatic rings. The zero-order chi connectivity index (χ0) is 15.4. The molecule has 1 amide bonds. The lowest BCUT2D eigenvalue weighted by Crippen LogP contribution is -2.30. The van der Waals surface area contributed by atoms with E-state index in [0.29, 0.717) is 11.3 Å². The molecule has 1 heterocycles. The molecule has 6 heteroatoms. The Hall–Kier alpha value is -2.63. The van der Waals surface area contributed by atoms with Gasteiger partial charge in [-0.1, -0.05) is 23.4 Å². The van der Waals surface area contributed by atoms with Gasteiger partial charge < -0.3 is 14.6 Å². The Morgan fingerprint density at radius 2 is 2.00 bits per heavy atom. The second kappa shape index (κ2) is 6.21. The number of hydrogen-bond acceptors (Lipinski definition) is 5. The van der Waals surface area contributed by atoms with Crippen LogP contribution in [0.5, 0.6) is 0 Å². The van der Waals surface area contributed by atoms with E-state index >= 15 is 0 Å². The third kappa shape index (κ3) is 3.68. The fourth-order valence-electron chi connectivity index (χ4n) is 1.73. The molecular formula is C15H16N2O4. The molecule has 0 saturated heterocycles. The van der Waals surface area contributed by atoms with Crippen LogP contribution < -0.4 is 5.32 Å². The molecule has 0 aliphatic heterocycles. The second-order valence-corrected chi connectivity index (χ2v) is 4.67. The quantitative estimate of drug-likeness (QED) is 0.874. The van der Waals surface area contributed by atoms with Crippen molar-refractivity contribution >= 4 is 17.7 Å². The van der Waals surface area contributed by atoms with Crippen LogP contribution in [0.25, 0.3) is 0 Å². The minimum Gasteiger partial charge on any atom is -0.449 e. The molecule has 0 unspecified atom stereocenters. The minimum atomic E-state index is -0.936. The van der Waals surface area contributed by atoms with E-state index in [4.69, 9.17) is 9.26 Å². The summed E-state index contributed by atoms with van der Waals surface area (Å²) in [5, 5.41) is 6.16. The lowest BCUT2D eigenvalue weighted by molar-refractivity contribution is -0.123. The maximum absolute atomic E-state index is 12.0. The van der Waals surface area contributed by atoms with Crippen LogP contribution >= 0.6 is 0 Å². The van der Waals surface area contributed by atoms with Crippen molar-refractivity contribution in [1.82, 2.24) is 5.16 Å². The van der Waals surface area contributed by atoms with Crippen LogP contribution in [0.4, 0.5) is 5.82 Å². The highest BCUT2D eigenvalue weighted by atomic mass is 16.5. The molecule has 2 rings (SSSR count). The minimum absolute atomic E-state index is 0.288. The molecule has 6 nitrogen and oxygen atoms in total. The summed E-state index contributed by atoms with van der Waals surface area (Å²) in [7, 11) is 0. The van der Waals surface area contributed by atoms with Gasteiger partial charge in [0.05, 0.1) is 5.56 Å². The summed E-state index contributed by atoms with van der Waals surface area (Å²) in [6, 6.07) is 8.61. The standard InChI is InChI=1S/C15H16N2O4/c1-9-6-4-5-7-12(9)15(19)20-11(3)14(18)16-13-8-10(2)21-17-13/h4-8,11H,1-3H3,(H,16,17,18)/t11-/m1/s1. The number of benzene rings is 1. The van der Waals surface area contributed by atoms with Crippen molar-refractivity contribution < 1.29 is 18.8 Å².